The smallest absolute Gasteiger partial charge is 0.194 e. The molecule has 4 rings (SSSR count). The SMILES string of the molecule is CN=C(NCc1cccc(-n2cccn2)c1)N1CCOC(c2ccccc2C)C1.I. The molecule has 0 radical (unpaired) electrons. The Bertz CT molecular complexity index is 973. The van der Waals surface area contributed by atoms with E-state index in [2.05, 4.69) is 75.8 Å². The minimum Gasteiger partial charge on any atom is -0.370 e. The van der Waals surface area contributed by atoms with Crippen molar-refractivity contribution < 1.29 is 4.74 Å². The summed E-state index contributed by atoms with van der Waals surface area (Å²) in [6.45, 7) is 5.15. The second kappa shape index (κ2) is 10.6. The van der Waals surface area contributed by atoms with Crippen molar-refractivity contribution in [3.05, 3.63) is 83.7 Å². The monoisotopic (exact) mass is 517 g/mol. The second-order valence-electron chi connectivity index (χ2n) is 7.18. The minimum atomic E-state index is 0. The van der Waals surface area contributed by atoms with Crippen LogP contribution in [0.5, 0.6) is 0 Å². The Hall–Kier alpha value is -2.39. The molecule has 2 aromatic carbocycles. The zero-order valence-electron chi connectivity index (χ0n) is 17.4. The predicted octanol–water partition coefficient (Wildman–Crippen LogP) is 3.95. The summed E-state index contributed by atoms with van der Waals surface area (Å²) < 4.78 is 7.92. The third kappa shape index (κ3) is 5.20. The van der Waals surface area contributed by atoms with Gasteiger partial charge in [0.1, 0.15) is 6.10 Å². The largest absolute Gasteiger partial charge is 0.370 e. The molecule has 0 aliphatic carbocycles. The summed E-state index contributed by atoms with van der Waals surface area (Å²) in [5, 5.41) is 7.81. The number of guanidine groups is 1. The normalized spacial score (nSPS) is 16.8. The van der Waals surface area contributed by atoms with Crippen molar-refractivity contribution in [2.45, 2.75) is 19.6 Å². The number of morpholine rings is 1. The second-order valence-corrected chi connectivity index (χ2v) is 7.18. The summed E-state index contributed by atoms with van der Waals surface area (Å²) in [4.78, 5) is 6.78. The first-order valence-electron chi connectivity index (χ1n) is 9.96. The molecule has 1 aliphatic rings. The number of halogens is 1. The van der Waals surface area contributed by atoms with E-state index in [1.165, 1.54) is 16.7 Å². The van der Waals surface area contributed by atoms with Crippen LogP contribution in [-0.4, -0.2) is 47.4 Å². The van der Waals surface area contributed by atoms with Crippen molar-refractivity contribution in [1.29, 1.82) is 0 Å². The van der Waals surface area contributed by atoms with Gasteiger partial charge in [-0.2, -0.15) is 5.10 Å². The van der Waals surface area contributed by atoms with Crippen molar-refractivity contribution in [3.8, 4) is 5.69 Å². The number of aliphatic imine (C=N–C) groups is 1. The number of nitrogens with zero attached hydrogens (tertiary/aromatic N) is 4. The van der Waals surface area contributed by atoms with Gasteiger partial charge in [-0.3, -0.25) is 4.99 Å². The van der Waals surface area contributed by atoms with Gasteiger partial charge >= 0.3 is 0 Å². The molecule has 0 bridgehead atoms. The van der Waals surface area contributed by atoms with Gasteiger partial charge in [-0.25, -0.2) is 4.68 Å². The minimum absolute atomic E-state index is 0. The Balaban J connectivity index is 0.00000256. The highest BCUT2D eigenvalue weighted by Gasteiger charge is 2.25. The van der Waals surface area contributed by atoms with E-state index in [9.17, 15) is 0 Å². The highest BCUT2D eigenvalue weighted by atomic mass is 127. The van der Waals surface area contributed by atoms with Gasteiger partial charge in [-0.05, 0) is 41.8 Å². The van der Waals surface area contributed by atoms with Gasteiger partial charge in [0.25, 0.3) is 0 Å². The van der Waals surface area contributed by atoms with Crippen LogP contribution >= 0.6 is 24.0 Å². The van der Waals surface area contributed by atoms with Crippen LogP contribution in [-0.2, 0) is 11.3 Å². The third-order valence-corrected chi connectivity index (χ3v) is 5.24. The molecule has 1 aromatic heterocycles. The van der Waals surface area contributed by atoms with E-state index in [4.69, 9.17) is 4.74 Å². The van der Waals surface area contributed by atoms with Gasteiger partial charge in [-0.1, -0.05) is 36.4 Å². The van der Waals surface area contributed by atoms with Crippen molar-refractivity contribution in [2.75, 3.05) is 26.7 Å². The maximum Gasteiger partial charge on any atom is 0.194 e. The average Bonchev–Trinajstić information content (AvgIpc) is 3.30. The van der Waals surface area contributed by atoms with Crippen molar-refractivity contribution in [3.63, 3.8) is 0 Å². The topological polar surface area (TPSA) is 54.7 Å². The summed E-state index contributed by atoms with van der Waals surface area (Å²) in [6.07, 6.45) is 3.80. The summed E-state index contributed by atoms with van der Waals surface area (Å²) in [6, 6.07) is 18.7. The van der Waals surface area contributed by atoms with E-state index < -0.39 is 0 Å². The van der Waals surface area contributed by atoms with Crippen LogP contribution in [0.1, 0.15) is 22.8 Å². The molecule has 1 unspecified atom stereocenters. The number of ether oxygens (including phenoxy) is 1. The molecule has 1 N–H and O–H groups in total. The molecule has 1 saturated heterocycles. The standard InChI is InChI=1S/C23H27N5O.HI/c1-18-7-3-4-10-21(18)22-17-27(13-14-29-22)23(24-2)25-16-19-8-5-9-20(15-19)28-12-6-11-26-28;/h3-12,15,22H,13-14,16-17H2,1-2H3,(H,24,25);1H. The van der Waals surface area contributed by atoms with Crippen molar-refractivity contribution in [2.24, 2.45) is 4.99 Å². The highest BCUT2D eigenvalue weighted by molar-refractivity contribution is 14.0. The van der Waals surface area contributed by atoms with Gasteiger partial charge in [0.05, 0.1) is 18.8 Å². The zero-order valence-corrected chi connectivity index (χ0v) is 19.7. The number of benzene rings is 2. The molecule has 0 amide bonds. The van der Waals surface area contributed by atoms with Crippen LogP contribution in [0.25, 0.3) is 5.69 Å². The molecular formula is C23H28IN5O. The number of aromatic nitrogens is 2. The van der Waals surface area contributed by atoms with Crippen LogP contribution in [0, 0.1) is 6.92 Å². The van der Waals surface area contributed by atoms with Gasteiger partial charge in [0.15, 0.2) is 5.96 Å². The van der Waals surface area contributed by atoms with Crippen LogP contribution < -0.4 is 5.32 Å². The lowest BCUT2D eigenvalue weighted by molar-refractivity contribution is -0.00833. The molecule has 2 heterocycles. The molecule has 0 spiro atoms. The van der Waals surface area contributed by atoms with Crippen LogP contribution in [0.3, 0.4) is 0 Å². The van der Waals surface area contributed by atoms with E-state index in [1.54, 1.807) is 6.20 Å². The number of hydrogen-bond donors (Lipinski definition) is 1. The first-order chi connectivity index (χ1) is 14.2. The number of hydrogen-bond acceptors (Lipinski definition) is 3. The first kappa shape index (κ1) is 22.3. The zero-order chi connectivity index (χ0) is 20.1. The lowest BCUT2D eigenvalue weighted by Crippen LogP contribution is -2.48. The van der Waals surface area contributed by atoms with E-state index >= 15 is 0 Å². The molecule has 1 fully saturated rings. The number of rotatable bonds is 4. The Morgan fingerprint density at radius 1 is 1.20 bits per heavy atom. The highest BCUT2D eigenvalue weighted by Crippen LogP contribution is 2.25. The average molecular weight is 517 g/mol. The maximum absolute atomic E-state index is 6.06. The fourth-order valence-electron chi connectivity index (χ4n) is 3.72. The van der Waals surface area contributed by atoms with Crippen LogP contribution in [0.4, 0.5) is 0 Å². The Kier molecular flexibility index (Phi) is 7.87. The predicted molar refractivity (Wildman–Crippen MR) is 131 cm³/mol. The Labute approximate surface area is 195 Å². The lowest BCUT2D eigenvalue weighted by atomic mass is 10.0. The quantitative estimate of drug-likeness (QED) is 0.324. The summed E-state index contributed by atoms with van der Waals surface area (Å²) in [7, 11) is 1.83. The molecule has 0 saturated carbocycles. The Morgan fingerprint density at radius 3 is 2.83 bits per heavy atom. The molecule has 1 atom stereocenters. The molecule has 1 aliphatic heterocycles. The first-order valence-corrected chi connectivity index (χ1v) is 9.96. The van der Waals surface area contributed by atoms with E-state index in [-0.39, 0.29) is 30.1 Å². The fraction of sp³-hybridized carbons (Fsp3) is 0.304. The van der Waals surface area contributed by atoms with Gasteiger partial charge < -0.3 is 15.0 Å². The summed E-state index contributed by atoms with van der Waals surface area (Å²) in [5.41, 5.74) is 4.75. The van der Waals surface area contributed by atoms with Gasteiger partial charge in [0, 0.05) is 32.5 Å². The number of aryl methyl sites for hydroxylation is 1. The van der Waals surface area contributed by atoms with Crippen molar-refractivity contribution >= 4 is 29.9 Å². The third-order valence-electron chi connectivity index (χ3n) is 5.24. The van der Waals surface area contributed by atoms with Gasteiger partial charge in [0.2, 0.25) is 0 Å². The molecule has 158 valence electrons. The van der Waals surface area contributed by atoms with E-state index in [0.29, 0.717) is 13.2 Å². The summed E-state index contributed by atoms with van der Waals surface area (Å²) >= 11 is 0. The van der Waals surface area contributed by atoms with E-state index in [0.717, 1.165) is 24.7 Å². The van der Waals surface area contributed by atoms with E-state index in [1.807, 2.05) is 24.0 Å². The molecule has 30 heavy (non-hydrogen) atoms. The Morgan fingerprint density at radius 2 is 2.07 bits per heavy atom. The number of nitrogens with one attached hydrogen (secondary N) is 1. The van der Waals surface area contributed by atoms with Crippen LogP contribution in [0.15, 0.2) is 72.0 Å². The lowest BCUT2D eigenvalue weighted by Gasteiger charge is -2.35. The fourth-order valence-corrected chi connectivity index (χ4v) is 3.72. The molecule has 3 aromatic rings. The molecule has 6 nitrogen and oxygen atoms in total. The molecule has 7 heteroatoms. The van der Waals surface area contributed by atoms with Gasteiger partial charge in [-0.15, -0.1) is 24.0 Å². The molecular weight excluding hydrogens is 489 g/mol. The van der Waals surface area contributed by atoms with Crippen LogP contribution in [0.2, 0.25) is 0 Å². The van der Waals surface area contributed by atoms with Crippen molar-refractivity contribution in [1.82, 2.24) is 20.0 Å². The summed E-state index contributed by atoms with van der Waals surface area (Å²) in [5.74, 6) is 0.899. The maximum atomic E-state index is 6.06.